The number of hydrogen-bond acceptors (Lipinski definition) is 6. The molecule has 1 amide bonds. The first-order valence-electron chi connectivity index (χ1n) is 9.92. The Morgan fingerprint density at radius 1 is 1.21 bits per heavy atom. The number of rotatable bonds is 5. The quantitative estimate of drug-likeness (QED) is 0.857. The molecule has 0 aliphatic carbocycles. The lowest BCUT2D eigenvalue weighted by atomic mass is 10.0. The molecule has 0 radical (unpaired) electrons. The lowest BCUT2D eigenvalue weighted by Gasteiger charge is -2.37. The van der Waals surface area contributed by atoms with E-state index in [-0.39, 0.29) is 11.9 Å². The van der Waals surface area contributed by atoms with Gasteiger partial charge in [-0.3, -0.25) is 9.69 Å². The van der Waals surface area contributed by atoms with Crippen LogP contribution in [0, 0.1) is 0 Å². The molecule has 7 nitrogen and oxygen atoms in total. The standard InChI is InChI=1S/C21H27N5O2/c1-15(20(27)26-14-8-16-5-3-4-6-18(16)26)25-12-9-17(10-13-25)23-21-22-11-7-19(24-21)28-2/h3-7,11,15,17H,8-10,12-14H2,1-2H3,(H,22,23,24). The van der Waals surface area contributed by atoms with Crippen molar-refractivity contribution in [2.75, 3.05) is 37.0 Å². The minimum Gasteiger partial charge on any atom is -0.481 e. The van der Waals surface area contributed by atoms with Gasteiger partial charge in [-0.1, -0.05) is 18.2 Å². The van der Waals surface area contributed by atoms with Crippen LogP contribution in [0.4, 0.5) is 11.6 Å². The summed E-state index contributed by atoms with van der Waals surface area (Å²) in [6.07, 6.45) is 4.54. The summed E-state index contributed by atoms with van der Waals surface area (Å²) in [5.41, 5.74) is 2.34. The largest absolute Gasteiger partial charge is 0.481 e. The van der Waals surface area contributed by atoms with Crippen LogP contribution in [0.1, 0.15) is 25.3 Å². The van der Waals surface area contributed by atoms with Gasteiger partial charge >= 0.3 is 0 Å². The molecule has 2 aromatic rings. The summed E-state index contributed by atoms with van der Waals surface area (Å²) in [6, 6.07) is 10.1. The third-order valence-corrected chi connectivity index (χ3v) is 5.76. The van der Waals surface area contributed by atoms with Crippen LogP contribution in [0.5, 0.6) is 5.88 Å². The molecule has 28 heavy (non-hydrogen) atoms. The van der Waals surface area contributed by atoms with Crippen LogP contribution in [0.3, 0.4) is 0 Å². The van der Waals surface area contributed by atoms with Gasteiger partial charge in [-0.25, -0.2) is 4.98 Å². The highest BCUT2D eigenvalue weighted by molar-refractivity contribution is 5.98. The number of benzene rings is 1. The maximum Gasteiger partial charge on any atom is 0.244 e. The van der Waals surface area contributed by atoms with Gasteiger partial charge in [-0.05, 0) is 37.8 Å². The summed E-state index contributed by atoms with van der Waals surface area (Å²) in [5.74, 6) is 1.35. The minimum absolute atomic E-state index is 0.111. The second kappa shape index (κ2) is 8.14. The van der Waals surface area contributed by atoms with Crippen molar-refractivity contribution in [3.63, 3.8) is 0 Å². The van der Waals surface area contributed by atoms with E-state index in [1.54, 1.807) is 19.4 Å². The molecule has 0 spiro atoms. The number of para-hydroxylation sites is 1. The molecule has 3 heterocycles. The predicted molar refractivity (Wildman–Crippen MR) is 109 cm³/mol. The summed E-state index contributed by atoms with van der Waals surface area (Å²) >= 11 is 0. The lowest BCUT2D eigenvalue weighted by molar-refractivity contribution is -0.123. The van der Waals surface area contributed by atoms with E-state index in [9.17, 15) is 4.79 Å². The Kier molecular flexibility index (Phi) is 5.43. The lowest BCUT2D eigenvalue weighted by Crippen LogP contribution is -2.51. The fourth-order valence-corrected chi connectivity index (χ4v) is 4.09. The highest BCUT2D eigenvalue weighted by Crippen LogP contribution is 2.29. The molecule has 7 heteroatoms. The van der Waals surface area contributed by atoms with Crippen LogP contribution >= 0.6 is 0 Å². The molecule has 148 valence electrons. The zero-order valence-corrected chi connectivity index (χ0v) is 16.5. The normalized spacial score (nSPS) is 18.6. The van der Waals surface area contributed by atoms with E-state index in [4.69, 9.17) is 4.74 Å². The number of carbonyl (C=O) groups is 1. The van der Waals surface area contributed by atoms with Crippen LogP contribution in [-0.2, 0) is 11.2 Å². The Morgan fingerprint density at radius 3 is 2.79 bits per heavy atom. The number of ether oxygens (including phenoxy) is 1. The number of anilines is 2. The number of piperidine rings is 1. The van der Waals surface area contributed by atoms with E-state index >= 15 is 0 Å². The second-order valence-electron chi connectivity index (χ2n) is 7.42. The summed E-state index contributed by atoms with van der Waals surface area (Å²) in [6.45, 7) is 4.57. The van der Waals surface area contributed by atoms with E-state index < -0.39 is 0 Å². The van der Waals surface area contributed by atoms with Crippen LogP contribution < -0.4 is 15.0 Å². The number of nitrogens with zero attached hydrogens (tertiary/aromatic N) is 4. The average Bonchev–Trinajstić information content (AvgIpc) is 3.17. The zero-order chi connectivity index (χ0) is 19.5. The van der Waals surface area contributed by atoms with Crippen LogP contribution in [-0.4, -0.2) is 59.6 Å². The smallest absolute Gasteiger partial charge is 0.244 e. The topological polar surface area (TPSA) is 70.6 Å². The first kappa shape index (κ1) is 18.7. The van der Waals surface area contributed by atoms with Gasteiger partial charge < -0.3 is 15.0 Å². The Labute approximate surface area is 165 Å². The SMILES string of the molecule is COc1ccnc(NC2CCN(C(C)C(=O)N3CCc4ccccc43)CC2)n1. The molecule has 1 aromatic carbocycles. The molecule has 1 unspecified atom stereocenters. The molecule has 2 aliphatic heterocycles. The number of aromatic nitrogens is 2. The van der Waals surface area contributed by atoms with Gasteiger partial charge in [0.05, 0.1) is 13.2 Å². The molecular weight excluding hydrogens is 354 g/mol. The molecule has 2 aliphatic rings. The number of likely N-dealkylation sites (tertiary alicyclic amines) is 1. The first-order valence-corrected chi connectivity index (χ1v) is 9.92. The first-order chi connectivity index (χ1) is 13.7. The minimum atomic E-state index is -0.111. The van der Waals surface area contributed by atoms with Crippen molar-refractivity contribution in [2.45, 2.75) is 38.3 Å². The molecule has 1 fully saturated rings. The van der Waals surface area contributed by atoms with Gasteiger partial charge in [0.25, 0.3) is 0 Å². The Hall–Kier alpha value is -2.67. The zero-order valence-electron chi connectivity index (χ0n) is 16.5. The van der Waals surface area contributed by atoms with Gasteiger partial charge in [-0.2, -0.15) is 4.98 Å². The van der Waals surface area contributed by atoms with E-state index in [0.717, 1.165) is 44.6 Å². The van der Waals surface area contributed by atoms with E-state index in [2.05, 4.69) is 32.3 Å². The van der Waals surface area contributed by atoms with Crippen LogP contribution in [0.15, 0.2) is 36.5 Å². The number of fused-ring (bicyclic) bond motifs is 1. The van der Waals surface area contributed by atoms with Crippen molar-refractivity contribution in [1.82, 2.24) is 14.9 Å². The average molecular weight is 381 g/mol. The number of methoxy groups -OCH3 is 1. The summed E-state index contributed by atoms with van der Waals surface area (Å²) in [5, 5.41) is 3.39. The summed E-state index contributed by atoms with van der Waals surface area (Å²) in [7, 11) is 1.60. The number of nitrogens with one attached hydrogen (secondary N) is 1. The van der Waals surface area contributed by atoms with Gasteiger partial charge in [0, 0.05) is 43.6 Å². The van der Waals surface area contributed by atoms with Gasteiger partial charge in [0.15, 0.2) is 0 Å². The summed E-state index contributed by atoms with van der Waals surface area (Å²) < 4.78 is 5.15. The van der Waals surface area contributed by atoms with Crippen molar-refractivity contribution in [1.29, 1.82) is 0 Å². The van der Waals surface area contributed by atoms with Crippen molar-refractivity contribution in [2.24, 2.45) is 0 Å². The molecule has 1 atom stereocenters. The van der Waals surface area contributed by atoms with Gasteiger partial charge in [-0.15, -0.1) is 0 Å². The Morgan fingerprint density at radius 2 is 2.00 bits per heavy atom. The molecule has 4 rings (SSSR count). The Bertz CT molecular complexity index is 835. The maximum absolute atomic E-state index is 13.1. The fourth-order valence-electron chi connectivity index (χ4n) is 4.09. The third kappa shape index (κ3) is 3.80. The van der Waals surface area contributed by atoms with Crippen LogP contribution in [0.2, 0.25) is 0 Å². The molecule has 0 saturated carbocycles. The van der Waals surface area contributed by atoms with Gasteiger partial charge in [0.2, 0.25) is 17.7 Å². The highest BCUT2D eigenvalue weighted by atomic mass is 16.5. The third-order valence-electron chi connectivity index (χ3n) is 5.76. The molecule has 1 saturated heterocycles. The van der Waals surface area contributed by atoms with E-state index in [1.165, 1.54) is 5.56 Å². The molecule has 0 bridgehead atoms. The van der Waals surface area contributed by atoms with Crippen molar-refractivity contribution in [3.05, 3.63) is 42.1 Å². The summed E-state index contributed by atoms with van der Waals surface area (Å²) in [4.78, 5) is 25.9. The number of hydrogen-bond donors (Lipinski definition) is 1. The van der Waals surface area contributed by atoms with Crippen molar-refractivity contribution in [3.8, 4) is 5.88 Å². The number of carbonyl (C=O) groups excluding carboxylic acids is 1. The van der Waals surface area contributed by atoms with E-state index in [0.29, 0.717) is 17.9 Å². The van der Waals surface area contributed by atoms with E-state index in [1.807, 2.05) is 24.0 Å². The predicted octanol–water partition coefficient (Wildman–Crippen LogP) is 2.34. The van der Waals surface area contributed by atoms with Gasteiger partial charge in [0.1, 0.15) is 0 Å². The maximum atomic E-state index is 13.1. The molecular formula is C21H27N5O2. The monoisotopic (exact) mass is 381 g/mol. The van der Waals surface area contributed by atoms with Crippen molar-refractivity contribution >= 4 is 17.5 Å². The molecule has 1 N–H and O–H groups in total. The van der Waals surface area contributed by atoms with Crippen LogP contribution in [0.25, 0.3) is 0 Å². The second-order valence-corrected chi connectivity index (χ2v) is 7.42. The highest BCUT2D eigenvalue weighted by Gasteiger charge is 2.32. The van der Waals surface area contributed by atoms with Crippen molar-refractivity contribution < 1.29 is 9.53 Å². The molecule has 1 aromatic heterocycles. The fraction of sp³-hybridized carbons (Fsp3) is 0.476. The Balaban J connectivity index is 1.33. The number of amides is 1.